The van der Waals surface area contributed by atoms with Crippen molar-refractivity contribution in [1.29, 1.82) is 5.41 Å². The molecule has 1 heterocycles. The van der Waals surface area contributed by atoms with Crippen LogP contribution in [0.4, 0.5) is 0 Å². The van der Waals surface area contributed by atoms with E-state index in [1.54, 1.807) is 24.3 Å². The molecule has 4 aromatic rings. The van der Waals surface area contributed by atoms with Gasteiger partial charge in [-0.05, 0) is 53.9 Å². The van der Waals surface area contributed by atoms with Gasteiger partial charge in [0.05, 0.1) is 5.52 Å². The molecular weight excluding hydrogens is 380 g/mol. The van der Waals surface area contributed by atoms with Crippen LogP contribution < -0.4 is 11.5 Å². The highest BCUT2D eigenvalue weighted by molar-refractivity contribution is 5.99. The highest BCUT2D eigenvalue weighted by Gasteiger charge is 2.14. The molecule has 8 heteroatoms. The van der Waals surface area contributed by atoms with E-state index in [0.29, 0.717) is 28.0 Å². The minimum absolute atomic E-state index is 0.0531. The van der Waals surface area contributed by atoms with E-state index in [2.05, 4.69) is 10.1 Å². The van der Waals surface area contributed by atoms with E-state index in [0.717, 1.165) is 27.0 Å². The standard InChI is InChI=1S/C22H20N6O2/c1-12-9-15(21(25)27-29)5-7-17(12)13-3-2-4-16(10-13)22-26-18-11-14(20(23)24)6-8-19(18)28(22)30/h2-11,29-30H,1H3,(H3,23,24)(H2,25,27). The second-order valence-electron chi connectivity index (χ2n) is 6.96. The first-order chi connectivity index (χ1) is 14.4. The summed E-state index contributed by atoms with van der Waals surface area (Å²) in [7, 11) is 0. The molecule has 0 saturated carbocycles. The van der Waals surface area contributed by atoms with Crippen molar-refractivity contribution < 1.29 is 10.4 Å². The van der Waals surface area contributed by atoms with Crippen LogP contribution in [0.3, 0.4) is 0 Å². The molecule has 0 aliphatic rings. The summed E-state index contributed by atoms with van der Waals surface area (Å²) >= 11 is 0. The molecule has 0 bridgehead atoms. The van der Waals surface area contributed by atoms with Crippen LogP contribution in [0.2, 0.25) is 0 Å². The van der Waals surface area contributed by atoms with Crippen LogP contribution in [-0.4, -0.2) is 31.8 Å². The van der Waals surface area contributed by atoms with Crippen molar-refractivity contribution in [1.82, 2.24) is 9.71 Å². The van der Waals surface area contributed by atoms with Crippen molar-refractivity contribution in [3.8, 4) is 22.5 Å². The zero-order valence-corrected chi connectivity index (χ0v) is 16.2. The fraction of sp³-hybridized carbons (Fsp3) is 0.0455. The first kappa shape index (κ1) is 19.0. The quantitative estimate of drug-likeness (QED) is 0.117. The van der Waals surface area contributed by atoms with Crippen molar-refractivity contribution in [2.24, 2.45) is 16.6 Å². The van der Waals surface area contributed by atoms with E-state index in [4.69, 9.17) is 22.1 Å². The molecule has 0 unspecified atom stereocenters. The van der Waals surface area contributed by atoms with Crippen LogP contribution in [-0.2, 0) is 0 Å². The van der Waals surface area contributed by atoms with Gasteiger partial charge in [0.1, 0.15) is 11.4 Å². The summed E-state index contributed by atoms with van der Waals surface area (Å²) in [6, 6.07) is 18.2. The third-order valence-electron chi connectivity index (χ3n) is 5.00. The number of nitrogen functional groups attached to an aromatic ring is 1. The van der Waals surface area contributed by atoms with Crippen LogP contribution in [0.1, 0.15) is 16.7 Å². The Hall–Kier alpha value is -4.33. The molecule has 3 aromatic carbocycles. The first-order valence-corrected chi connectivity index (χ1v) is 9.14. The lowest BCUT2D eigenvalue weighted by molar-refractivity contribution is 0.203. The summed E-state index contributed by atoms with van der Waals surface area (Å²) in [4.78, 5) is 4.53. The number of amidine groups is 2. The third-order valence-corrected chi connectivity index (χ3v) is 5.00. The maximum absolute atomic E-state index is 10.6. The summed E-state index contributed by atoms with van der Waals surface area (Å²) in [6.45, 7) is 1.95. The summed E-state index contributed by atoms with van der Waals surface area (Å²) in [5, 5.41) is 30.1. The number of nitrogens with one attached hydrogen (secondary N) is 1. The Bertz CT molecular complexity index is 1320. The molecule has 0 atom stereocenters. The summed E-state index contributed by atoms with van der Waals surface area (Å²) < 4.78 is 1.03. The summed E-state index contributed by atoms with van der Waals surface area (Å²) in [5.74, 6) is 0.384. The van der Waals surface area contributed by atoms with Gasteiger partial charge in [0.15, 0.2) is 11.7 Å². The van der Waals surface area contributed by atoms with Crippen LogP contribution in [0.5, 0.6) is 0 Å². The van der Waals surface area contributed by atoms with Crippen molar-refractivity contribution in [3.63, 3.8) is 0 Å². The molecule has 0 radical (unpaired) electrons. The predicted molar refractivity (Wildman–Crippen MR) is 116 cm³/mol. The van der Waals surface area contributed by atoms with Crippen molar-refractivity contribution >= 4 is 22.7 Å². The molecule has 0 aliphatic carbocycles. The molecule has 7 N–H and O–H groups in total. The SMILES string of the molecule is Cc1cc(/C(N)=N/O)ccc1-c1cccc(-c2nc3cc(C(=N)N)ccc3n2O)c1. The average Bonchev–Trinajstić information content (AvgIpc) is 3.09. The number of rotatable bonds is 4. The predicted octanol–water partition coefficient (Wildman–Crippen LogP) is 3.29. The number of nitrogens with two attached hydrogens (primary N) is 2. The molecule has 150 valence electrons. The molecule has 8 nitrogen and oxygen atoms in total. The second-order valence-corrected chi connectivity index (χ2v) is 6.96. The Kier molecular flexibility index (Phi) is 4.59. The van der Waals surface area contributed by atoms with Gasteiger partial charge in [0.2, 0.25) is 0 Å². The number of aryl methyl sites for hydroxylation is 1. The normalized spacial score (nSPS) is 11.7. The maximum Gasteiger partial charge on any atom is 0.176 e. The smallest absolute Gasteiger partial charge is 0.176 e. The number of nitrogens with zero attached hydrogens (tertiary/aromatic N) is 3. The number of hydrogen-bond acceptors (Lipinski definition) is 5. The second kappa shape index (κ2) is 7.25. The highest BCUT2D eigenvalue weighted by atomic mass is 16.5. The van der Waals surface area contributed by atoms with Crippen molar-refractivity contribution in [2.75, 3.05) is 0 Å². The molecule has 4 rings (SSSR count). The van der Waals surface area contributed by atoms with Gasteiger partial charge < -0.3 is 21.9 Å². The fourth-order valence-corrected chi connectivity index (χ4v) is 3.45. The van der Waals surface area contributed by atoms with Gasteiger partial charge in [0.25, 0.3) is 0 Å². The summed E-state index contributed by atoms with van der Waals surface area (Å²) in [5.41, 5.74) is 17.1. The Labute approximate surface area is 172 Å². The van der Waals surface area contributed by atoms with Gasteiger partial charge in [-0.1, -0.05) is 35.5 Å². The number of aromatic nitrogens is 2. The monoisotopic (exact) mass is 400 g/mol. The Morgan fingerprint density at radius 1 is 1.00 bits per heavy atom. The maximum atomic E-state index is 10.6. The number of oxime groups is 1. The van der Waals surface area contributed by atoms with Crippen molar-refractivity contribution in [3.05, 3.63) is 77.4 Å². The number of imidazole rings is 1. The van der Waals surface area contributed by atoms with E-state index in [1.807, 2.05) is 43.3 Å². The van der Waals surface area contributed by atoms with E-state index < -0.39 is 0 Å². The lowest BCUT2D eigenvalue weighted by atomic mass is 9.96. The molecule has 1 aromatic heterocycles. The van der Waals surface area contributed by atoms with E-state index in [9.17, 15) is 5.21 Å². The zero-order valence-electron chi connectivity index (χ0n) is 16.2. The molecule has 0 saturated heterocycles. The Balaban J connectivity index is 1.79. The topological polar surface area (TPSA) is 147 Å². The molecule has 30 heavy (non-hydrogen) atoms. The van der Waals surface area contributed by atoms with Crippen LogP contribution in [0, 0.1) is 12.3 Å². The van der Waals surface area contributed by atoms with E-state index in [1.165, 1.54) is 0 Å². The molecular formula is C22H20N6O2. The number of fused-ring (bicyclic) bond motifs is 1. The highest BCUT2D eigenvalue weighted by Crippen LogP contribution is 2.30. The molecule has 0 aliphatic heterocycles. The minimum Gasteiger partial charge on any atom is -0.426 e. The fourth-order valence-electron chi connectivity index (χ4n) is 3.45. The molecule has 0 spiro atoms. The van der Waals surface area contributed by atoms with Gasteiger partial charge in [-0.25, -0.2) is 4.98 Å². The lowest BCUT2D eigenvalue weighted by Gasteiger charge is -2.10. The first-order valence-electron chi connectivity index (χ1n) is 9.14. The van der Waals surface area contributed by atoms with Gasteiger partial charge >= 0.3 is 0 Å². The van der Waals surface area contributed by atoms with Crippen LogP contribution >= 0.6 is 0 Å². The number of hydrogen-bond donors (Lipinski definition) is 5. The largest absolute Gasteiger partial charge is 0.426 e. The van der Waals surface area contributed by atoms with E-state index in [-0.39, 0.29) is 11.7 Å². The lowest BCUT2D eigenvalue weighted by Crippen LogP contribution is -2.13. The van der Waals surface area contributed by atoms with Gasteiger partial charge in [-0.3, -0.25) is 5.41 Å². The third kappa shape index (κ3) is 3.20. The van der Waals surface area contributed by atoms with Crippen molar-refractivity contribution in [2.45, 2.75) is 6.92 Å². The van der Waals surface area contributed by atoms with Crippen LogP contribution in [0.25, 0.3) is 33.5 Å². The Morgan fingerprint density at radius 3 is 2.43 bits per heavy atom. The van der Waals surface area contributed by atoms with Gasteiger partial charge in [0, 0.05) is 16.7 Å². The van der Waals surface area contributed by atoms with Gasteiger partial charge in [-0.15, -0.1) is 0 Å². The van der Waals surface area contributed by atoms with Crippen LogP contribution in [0.15, 0.2) is 65.8 Å². The molecule has 0 fully saturated rings. The van der Waals surface area contributed by atoms with E-state index >= 15 is 0 Å². The minimum atomic E-state index is -0.0567. The number of benzene rings is 3. The summed E-state index contributed by atoms with van der Waals surface area (Å²) in [6.07, 6.45) is 0. The molecule has 0 amide bonds. The Morgan fingerprint density at radius 2 is 1.73 bits per heavy atom. The average molecular weight is 400 g/mol. The van der Waals surface area contributed by atoms with Gasteiger partial charge in [-0.2, -0.15) is 4.73 Å². The zero-order chi connectivity index (χ0) is 21.4.